The summed E-state index contributed by atoms with van der Waals surface area (Å²) in [5, 5.41) is 0.607. The highest BCUT2D eigenvalue weighted by atomic mass is 16.7. The van der Waals surface area contributed by atoms with Crippen molar-refractivity contribution < 1.29 is 19.2 Å². The van der Waals surface area contributed by atoms with E-state index in [-0.39, 0.29) is 17.0 Å². The molecule has 1 fully saturated rings. The molecule has 3 atom stereocenters. The van der Waals surface area contributed by atoms with E-state index in [0.29, 0.717) is 16.9 Å². The lowest BCUT2D eigenvalue weighted by molar-refractivity contribution is -0.175. The van der Waals surface area contributed by atoms with Crippen LogP contribution in [0.5, 0.6) is 0 Å². The number of nitrogens with zero attached hydrogens (tertiary/aromatic N) is 1. The minimum atomic E-state index is -0.564. The van der Waals surface area contributed by atoms with E-state index in [1.54, 1.807) is 24.3 Å². The average molecular weight is 301 g/mol. The van der Waals surface area contributed by atoms with Gasteiger partial charge in [-0.05, 0) is 43.2 Å². The van der Waals surface area contributed by atoms with Crippen molar-refractivity contribution in [2.45, 2.75) is 33.1 Å². The van der Waals surface area contributed by atoms with Crippen LogP contribution >= 0.6 is 0 Å². The Morgan fingerprint density at radius 2 is 1.64 bits per heavy atom. The van der Waals surface area contributed by atoms with Gasteiger partial charge in [0.05, 0.1) is 17.0 Å². The molecule has 0 bridgehead atoms. The normalized spacial score (nSPS) is 27.7. The largest absolute Gasteiger partial charge is 0.336 e. The van der Waals surface area contributed by atoms with E-state index in [2.05, 4.69) is 13.8 Å². The Kier molecular flexibility index (Phi) is 3.72. The summed E-state index contributed by atoms with van der Waals surface area (Å²) < 4.78 is 0. The van der Waals surface area contributed by atoms with Crippen LogP contribution in [0.3, 0.4) is 0 Å². The van der Waals surface area contributed by atoms with Gasteiger partial charge in [-0.1, -0.05) is 31.0 Å². The first-order valence-electron chi connectivity index (χ1n) is 7.68. The fraction of sp³-hybridized carbons (Fsp3) is 0.471. The maximum atomic E-state index is 12.3. The molecule has 2 amide bonds. The van der Waals surface area contributed by atoms with Gasteiger partial charge in [0.15, 0.2) is 0 Å². The zero-order chi connectivity index (χ0) is 15.9. The molecule has 1 heterocycles. The van der Waals surface area contributed by atoms with Gasteiger partial charge in [0.25, 0.3) is 11.8 Å². The number of carbonyl (C=O) groups is 3. The molecule has 0 saturated heterocycles. The predicted molar refractivity (Wildman–Crippen MR) is 78.7 cm³/mol. The van der Waals surface area contributed by atoms with Gasteiger partial charge in [0, 0.05) is 0 Å². The summed E-state index contributed by atoms with van der Waals surface area (Å²) in [6.07, 6.45) is 2.44. The van der Waals surface area contributed by atoms with Crippen molar-refractivity contribution in [2.24, 2.45) is 17.8 Å². The van der Waals surface area contributed by atoms with E-state index >= 15 is 0 Å². The van der Waals surface area contributed by atoms with Gasteiger partial charge in [-0.25, -0.2) is 4.79 Å². The minimum absolute atomic E-state index is 0.240. The summed E-state index contributed by atoms with van der Waals surface area (Å²) in [6, 6.07) is 6.49. The van der Waals surface area contributed by atoms with Gasteiger partial charge in [-0.3, -0.25) is 9.59 Å². The van der Waals surface area contributed by atoms with Gasteiger partial charge in [0.2, 0.25) is 0 Å². The van der Waals surface area contributed by atoms with Crippen molar-refractivity contribution in [3.8, 4) is 0 Å². The molecule has 1 saturated carbocycles. The van der Waals surface area contributed by atoms with Crippen molar-refractivity contribution in [1.29, 1.82) is 0 Å². The van der Waals surface area contributed by atoms with Gasteiger partial charge in [-0.15, -0.1) is 0 Å². The molecule has 1 aliphatic carbocycles. The van der Waals surface area contributed by atoms with Crippen LogP contribution in [-0.4, -0.2) is 22.8 Å². The number of imide groups is 1. The third-order valence-electron chi connectivity index (χ3n) is 4.87. The molecule has 0 N–H and O–H groups in total. The highest BCUT2D eigenvalue weighted by Gasteiger charge is 2.40. The first-order valence-corrected chi connectivity index (χ1v) is 7.68. The molecule has 1 aliphatic heterocycles. The second-order valence-corrected chi connectivity index (χ2v) is 6.33. The number of amides is 2. The van der Waals surface area contributed by atoms with Crippen LogP contribution in [0.25, 0.3) is 0 Å². The second-order valence-electron chi connectivity index (χ2n) is 6.33. The van der Waals surface area contributed by atoms with Gasteiger partial charge < -0.3 is 4.84 Å². The van der Waals surface area contributed by atoms with Crippen LogP contribution < -0.4 is 0 Å². The first kappa shape index (κ1) is 14.8. The third-order valence-corrected chi connectivity index (χ3v) is 4.87. The number of rotatable bonds is 2. The predicted octanol–water partition coefficient (Wildman–Crippen LogP) is 2.81. The summed E-state index contributed by atoms with van der Waals surface area (Å²) in [5.74, 6) is -0.821. The fourth-order valence-corrected chi connectivity index (χ4v) is 3.18. The smallest absolute Gasteiger partial charge is 0.329 e. The van der Waals surface area contributed by atoms with E-state index in [0.717, 1.165) is 19.3 Å². The topological polar surface area (TPSA) is 63.7 Å². The summed E-state index contributed by atoms with van der Waals surface area (Å²) in [7, 11) is 0. The summed E-state index contributed by atoms with van der Waals surface area (Å²) in [5.41, 5.74) is 0.567. The number of benzene rings is 1. The molecular formula is C17H19NO4. The van der Waals surface area contributed by atoms with Crippen molar-refractivity contribution >= 4 is 17.8 Å². The maximum Gasteiger partial charge on any atom is 0.336 e. The molecule has 1 aromatic carbocycles. The number of fused-ring (bicyclic) bond motifs is 1. The highest BCUT2D eigenvalue weighted by Crippen LogP contribution is 2.34. The Labute approximate surface area is 129 Å². The molecule has 5 nitrogen and oxygen atoms in total. The lowest BCUT2D eigenvalue weighted by Gasteiger charge is -2.30. The van der Waals surface area contributed by atoms with E-state index in [9.17, 15) is 14.4 Å². The van der Waals surface area contributed by atoms with Crippen LogP contribution in [0.15, 0.2) is 24.3 Å². The molecule has 3 rings (SSSR count). The van der Waals surface area contributed by atoms with E-state index in [1.807, 2.05) is 0 Å². The molecule has 116 valence electrons. The van der Waals surface area contributed by atoms with Gasteiger partial charge >= 0.3 is 5.97 Å². The van der Waals surface area contributed by atoms with Crippen molar-refractivity contribution in [2.75, 3.05) is 0 Å². The Hall–Kier alpha value is -2.17. The summed E-state index contributed by atoms with van der Waals surface area (Å²) in [4.78, 5) is 41.8. The van der Waals surface area contributed by atoms with Gasteiger partial charge in [-0.2, -0.15) is 0 Å². The Morgan fingerprint density at radius 3 is 2.18 bits per heavy atom. The highest BCUT2D eigenvalue weighted by molar-refractivity contribution is 6.20. The molecule has 2 aliphatic rings. The molecule has 0 aromatic heterocycles. The second kappa shape index (κ2) is 5.55. The molecule has 22 heavy (non-hydrogen) atoms. The van der Waals surface area contributed by atoms with E-state index in [4.69, 9.17) is 4.84 Å². The quantitative estimate of drug-likeness (QED) is 0.788. The molecule has 1 aromatic rings. The lowest BCUT2D eigenvalue weighted by Crippen LogP contribution is -2.37. The Bertz CT molecular complexity index is 604. The van der Waals surface area contributed by atoms with Crippen LogP contribution in [0.4, 0.5) is 0 Å². The average Bonchev–Trinajstić information content (AvgIpc) is 2.75. The van der Waals surface area contributed by atoms with Crippen LogP contribution in [0, 0.1) is 17.8 Å². The number of carbonyl (C=O) groups excluding carboxylic acids is 3. The zero-order valence-electron chi connectivity index (χ0n) is 12.7. The summed E-state index contributed by atoms with van der Waals surface area (Å²) in [6.45, 7) is 4.29. The van der Waals surface area contributed by atoms with Gasteiger partial charge in [0.1, 0.15) is 0 Å². The van der Waals surface area contributed by atoms with Crippen molar-refractivity contribution in [3.05, 3.63) is 35.4 Å². The monoisotopic (exact) mass is 301 g/mol. The van der Waals surface area contributed by atoms with E-state index < -0.39 is 17.8 Å². The molecule has 5 heteroatoms. The standard InChI is InChI=1S/C17H19NO4/c1-10-7-8-12(9-11(10)2)17(21)22-18-15(19)13-5-3-4-6-14(13)16(18)20/h3-6,10-12H,7-9H2,1-2H3. The summed E-state index contributed by atoms with van der Waals surface area (Å²) >= 11 is 0. The fourth-order valence-electron chi connectivity index (χ4n) is 3.18. The molecular weight excluding hydrogens is 282 g/mol. The molecule has 0 spiro atoms. The first-order chi connectivity index (χ1) is 10.5. The zero-order valence-corrected chi connectivity index (χ0v) is 12.7. The van der Waals surface area contributed by atoms with Crippen molar-refractivity contribution in [3.63, 3.8) is 0 Å². The minimum Gasteiger partial charge on any atom is -0.329 e. The number of hydroxylamine groups is 2. The molecule has 0 radical (unpaired) electrons. The van der Waals surface area contributed by atoms with Crippen LogP contribution in [0.1, 0.15) is 53.8 Å². The third kappa shape index (κ3) is 2.40. The number of hydrogen-bond acceptors (Lipinski definition) is 4. The van der Waals surface area contributed by atoms with Crippen molar-refractivity contribution in [1.82, 2.24) is 5.06 Å². The van der Waals surface area contributed by atoms with E-state index in [1.165, 1.54) is 0 Å². The number of hydrogen-bond donors (Lipinski definition) is 0. The van der Waals surface area contributed by atoms with Crippen LogP contribution in [-0.2, 0) is 9.63 Å². The Morgan fingerprint density at radius 1 is 1.05 bits per heavy atom. The van der Waals surface area contributed by atoms with Crippen LogP contribution in [0.2, 0.25) is 0 Å². The lowest BCUT2D eigenvalue weighted by atomic mass is 9.76. The maximum absolute atomic E-state index is 12.3. The Balaban J connectivity index is 1.71. The molecule has 3 unspecified atom stereocenters. The SMILES string of the molecule is CC1CCC(C(=O)ON2C(=O)c3ccccc3C2=O)CC1C.